The van der Waals surface area contributed by atoms with Crippen molar-refractivity contribution in [2.75, 3.05) is 18.0 Å². The molecule has 0 spiro atoms. The molecule has 6 nitrogen and oxygen atoms in total. The van der Waals surface area contributed by atoms with E-state index in [1.54, 1.807) is 35.6 Å². The van der Waals surface area contributed by atoms with Gasteiger partial charge in [-0.05, 0) is 37.1 Å². The van der Waals surface area contributed by atoms with Crippen LogP contribution >= 0.6 is 11.3 Å². The molecule has 7 heteroatoms. The highest BCUT2D eigenvalue weighted by molar-refractivity contribution is 7.22. The summed E-state index contributed by atoms with van der Waals surface area (Å²) in [6.45, 7) is 1.57. The van der Waals surface area contributed by atoms with Gasteiger partial charge >= 0.3 is 0 Å². The van der Waals surface area contributed by atoms with Crippen molar-refractivity contribution >= 4 is 38.5 Å². The summed E-state index contributed by atoms with van der Waals surface area (Å²) in [5, 5.41) is 1.94. The highest BCUT2D eigenvalue weighted by Gasteiger charge is 2.38. The van der Waals surface area contributed by atoms with Crippen LogP contribution in [0.4, 0.5) is 5.13 Å². The van der Waals surface area contributed by atoms with E-state index in [9.17, 15) is 9.59 Å². The zero-order chi connectivity index (χ0) is 18.4. The SMILES string of the molecule is O=C1c2ccccc2C(=O)N1OC1CCN(c2nc3ccccc3s2)CC1. The Morgan fingerprint density at radius 2 is 1.56 bits per heavy atom. The Hall–Kier alpha value is -2.77. The van der Waals surface area contributed by atoms with Crippen LogP contribution in [-0.4, -0.2) is 41.1 Å². The van der Waals surface area contributed by atoms with Crippen LogP contribution in [0, 0.1) is 0 Å². The summed E-state index contributed by atoms with van der Waals surface area (Å²) < 4.78 is 1.18. The van der Waals surface area contributed by atoms with Crippen molar-refractivity contribution in [2.45, 2.75) is 18.9 Å². The third-order valence-corrected chi connectivity index (χ3v) is 6.10. The maximum Gasteiger partial charge on any atom is 0.285 e. The van der Waals surface area contributed by atoms with Gasteiger partial charge in [0.1, 0.15) is 0 Å². The summed E-state index contributed by atoms with van der Waals surface area (Å²) in [6.07, 6.45) is 1.32. The standard InChI is InChI=1S/C20H17N3O3S/c24-18-14-5-1-2-6-15(14)19(25)23(18)26-13-9-11-22(12-10-13)20-21-16-7-3-4-8-17(16)27-20/h1-8,13H,9-12H2. The first kappa shape index (κ1) is 16.4. The van der Waals surface area contributed by atoms with Gasteiger partial charge in [0.25, 0.3) is 11.8 Å². The number of benzene rings is 2. The predicted molar refractivity (Wildman–Crippen MR) is 103 cm³/mol. The predicted octanol–water partition coefficient (Wildman–Crippen LogP) is 3.49. The molecule has 2 aliphatic heterocycles. The molecule has 1 saturated heterocycles. The summed E-state index contributed by atoms with van der Waals surface area (Å²) in [5.41, 5.74) is 1.84. The summed E-state index contributed by atoms with van der Waals surface area (Å²) >= 11 is 1.69. The molecule has 0 atom stereocenters. The number of piperidine rings is 1. The van der Waals surface area contributed by atoms with Crippen LogP contribution in [0.1, 0.15) is 33.6 Å². The van der Waals surface area contributed by atoms with Gasteiger partial charge in [0.15, 0.2) is 5.13 Å². The molecule has 1 aromatic heterocycles. The smallest absolute Gasteiger partial charge is 0.285 e. The van der Waals surface area contributed by atoms with E-state index in [0.717, 1.165) is 41.6 Å². The molecule has 3 aromatic rings. The lowest BCUT2D eigenvalue weighted by molar-refractivity contribution is -0.137. The quantitative estimate of drug-likeness (QED) is 0.652. The topological polar surface area (TPSA) is 62.7 Å². The third kappa shape index (κ3) is 2.79. The Balaban J connectivity index is 1.25. The number of para-hydroxylation sites is 1. The lowest BCUT2D eigenvalue weighted by Gasteiger charge is -2.32. The Kier molecular flexibility index (Phi) is 3.91. The van der Waals surface area contributed by atoms with E-state index in [1.165, 1.54) is 4.70 Å². The fraction of sp³-hybridized carbons (Fsp3) is 0.250. The third-order valence-electron chi connectivity index (χ3n) is 5.01. The van der Waals surface area contributed by atoms with Gasteiger partial charge < -0.3 is 4.90 Å². The monoisotopic (exact) mass is 379 g/mol. The second kappa shape index (κ2) is 6.44. The van der Waals surface area contributed by atoms with Gasteiger partial charge in [0.2, 0.25) is 0 Å². The molecule has 2 aliphatic rings. The molecule has 0 radical (unpaired) electrons. The van der Waals surface area contributed by atoms with Crippen LogP contribution in [0.25, 0.3) is 10.2 Å². The summed E-state index contributed by atoms with van der Waals surface area (Å²) in [5.74, 6) is -0.742. The van der Waals surface area contributed by atoms with Crippen molar-refractivity contribution in [3.05, 3.63) is 59.7 Å². The molecule has 5 rings (SSSR count). The largest absolute Gasteiger partial charge is 0.348 e. The molecule has 2 amide bonds. The highest BCUT2D eigenvalue weighted by atomic mass is 32.1. The first-order chi connectivity index (χ1) is 13.2. The van der Waals surface area contributed by atoms with Gasteiger partial charge in [-0.15, -0.1) is 5.06 Å². The van der Waals surface area contributed by atoms with Gasteiger partial charge in [-0.1, -0.05) is 35.6 Å². The van der Waals surface area contributed by atoms with E-state index >= 15 is 0 Å². The van der Waals surface area contributed by atoms with E-state index in [1.807, 2.05) is 18.2 Å². The molecule has 0 unspecified atom stereocenters. The fourth-order valence-electron chi connectivity index (χ4n) is 3.56. The van der Waals surface area contributed by atoms with Crippen LogP contribution in [0.15, 0.2) is 48.5 Å². The Labute approximate surface area is 159 Å². The summed E-state index contributed by atoms with van der Waals surface area (Å²) in [7, 11) is 0. The molecule has 27 heavy (non-hydrogen) atoms. The van der Waals surface area contributed by atoms with Gasteiger partial charge in [-0.3, -0.25) is 14.4 Å². The Bertz CT molecular complexity index is 972. The molecule has 2 aromatic carbocycles. The molecule has 0 saturated carbocycles. The average molecular weight is 379 g/mol. The van der Waals surface area contributed by atoms with E-state index in [4.69, 9.17) is 9.82 Å². The van der Waals surface area contributed by atoms with Crippen molar-refractivity contribution in [3.8, 4) is 0 Å². The number of aromatic nitrogens is 1. The summed E-state index contributed by atoms with van der Waals surface area (Å²) in [6, 6.07) is 14.9. The van der Waals surface area contributed by atoms with Crippen LogP contribution in [0.2, 0.25) is 0 Å². The molecule has 0 N–H and O–H groups in total. The molecule has 0 bridgehead atoms. The number of rotatable bonds is 3. The average Bonchev–Trinajstić information content (AvgIpc) is 3.24. The van der Waals surface area contributed by atoms with E-state index in [-0.39, 0.29) is 17.9 Å². The number of anilines is 1. The van der Waals surface area contributed by atoms with Crippen molar-refractivity contribution in [2.24, 2.45) is 0 Å². The van der Waals surface area contributed by atoms with Crippen molar-refractivity contribution < 1.29 is 14.4 Å². The fourth-order valence-corrected chi connectivity index (χ4v) is 4.58. The van der Waals surface area contributed by atoms with Crippen molar-refractivity contribution in [3.63, 3.8) is 0 Å². The zero-order valence-corrected chi connectivity index (χ0v) is 15.3. The lowest BCUT2D eigenvalue weighted by Crippen LogP contribution is -2.42. The molecule has 0 aliphatic carbocycles. The lowest BCUT2D eigenvalue weighted by atomic mass is 10.1. The van der Waals surface area contributed by atoms with Crippen LogP contribution in [0.3, 0.4) is 0 Å². The zero-order valence-electron chi connectivity index (χ0n) is 14.5. The van der Waals surface area contributed by atoms with Gasteiger partial charge in [-0.25, -0.2) is 4.98 Å². The second-order valence-electron chi connectivity index (χ2n) is 6.71. The number of imide groups is 1. The number of fused-ring (bicyclic) bond motifs is 2. The van der Waals surface area contributed by atoms with Crippen LogP contribution in [-0.2, 0) is 4.84 Å². The molecule has 136 valence electrons. The van der Waals surface area contributed by atoms with E-state index in [0.29, 0.717) is 11.1 Å². The molecule has 3 heterocycles. The number of amides is 2. The van der Waals surface area contributed by atoms with E-state index < -0.39 is 0 Å². The number of hydrogen-bond acceptors (Lipinski definition) is 6. The van der Waals surface area contributed by atoms with Crippen molar-refractivity contribution in [1.29, 1.82) is 0 Å². The first-order valence-corrected chi connectivity index (χ1v) is 9.77. The second-order valence-corrected chi connectivity index (χ2v) is 7.72. The van der Waals surface area contributed by atoms with Gasteiger partial charge in [-0.2, -0.15) is 0 Å². The number of carbonyl (C=O) groups excluding carboxylic acids is 2. The van der Waals surface area contributed by atoms with Gasteiger partial charge in [0, 0.05) is 13.1 Å². The number of carbonyl (C=O) groups is 2. The number of thiazole rings is 1. The van der Waals surface area contributed by atoms with Crippen molar-refractivity contribution in [1.82, 2.24) is 10.0 Å². The minimum absolute atomic E-state index is 0.155. The molecular weight excluding hydrogens is 362 g/mol. The van der Waals surface area contributed by atoms with Gasteiger partial charge in [0.05, 0.1) is 27.4 Å². The minimum atomic E-state index is -0.371. The van der Waals surface area contributed by atoms with Crippen LogP contribution in [0.5, 0.6) is 0 Å². The first-order valence-electron chi connectivity index (χ1n) is 8.96. The maximum absolute atomic E-state index is 12.4. The van der Waals surface area contributed by atoms with E-state index in [2.05, 4.69) is 11.0 Å². The maximum atomic E-state index is 12.4. The number of hydrogen-bond donors (Lipinski definition) is 0. The summed E-state index contributed by atoms with van der Waals surface area (Å²) in [4.78, 5) is 37.6. The normalized spacial score (nSPS) is 17.8. The minimum Gasteiger partial charge on any atom is -0.348 e. The Morgan fingerprint density at radius 1 is 0.926 bits per heavy atom. The Morgan fingerprint density at radius 3 is 2.22 bits per heavy atom. The highest BCUT2D eigenvalue weighted by Crippen LogP contribution is 2.31. The molecule has 1 fully saturated rings. The number of nitrogens with zero attached hydrogens (tertiary/aromatic N) is 3. The molecular formula is C20H17N3O3S. The van der Waals surface area contributed by atoms with Crippen LogP contribution < -0.4 is 4.90 Å². The number of hydroxylamine groups is 2.